The predicted molar refractivity (Wildman–Crippen MR) is 97.8 cm³/mol. The molecular weight excluding hydrogens is 332 g/mol. The van der Waals surface area contributed by atoms with Gasteiger partial charge < -0.3 is 19.7 Å². The van der Waals surface area contributed by atoms with Gasteiger partial charge in [-0.15, -0.1) is 0 Å². The molecule has 0 radical (unpaired) electrons. The van der Waals surface area contributed by atoms with E-state index in [1.807, 2.05) is 31.2 Å². The minimum Gasteiger partial charge on any atom is -0.486 e. The Labute approximate surface area is 151 Å². The molecule has 1 unspecified atom stereocenters. The lowest BCUT2D eigenvalue weighted by molar-refractivity contribution is -0.125. The van der Waals surface area contributed by atoms with Gasteiger partial charge in [-0.2, -0.15) is 0 Å². The van der Waals surface area contributed by atoms with Crippen LogP contribution in [0.4, 0.5) is 11.4 Å². The quantitative estimate of drug-likeness (QED) is 0.863. The first-order chi connectivity index (χ1) is 12.6. The molecule has 0 aromatic heterocycles. The Kier molecular flexibility index (Phi) is 4.24. The third kappa shape index (κ3) is 3.10. The van der Waals surface area contributed by atoms with Gasteiger partial charge in [-0.1, -0.05) is 18.2 Å². The molecule has 6 nitrogen and oxygen atoms in total. The molecule has 6 heteroatoms. The molecule has 0 fully saturated rings. The molecule has 2 aliphatic rings. The van der Waals surface area contributed by atoms with Gasteiger partial charge in [-0.3, -0.25) is 9.59 Å². The Bertz CT molecular complexity index is 865. The SMILES string of the molecule is CC1Cc2ccccc2N1C(=O)CC(=O)Nc1ccc2c(c1)OCCO2. The van der Waals surface area contributed by atoms with Gasteiger partial charge in [-0.05, 0) is 37.1 Å². The summed E-state index contributed by atoms with van der Waals surface area (Å²) in [6.45, 7) is 2.99. The second-order valence-corrected chi connectivity index (χ2v) is 6.53. The van der Waals surface area contributed by atoms with Crippen LogP contribution < -0.4 is 19.7 Å². The number of carbonyl (C=O) groups excluding carboxylic acids is 2. The van der Waals surface area contributed by atoms with Crippen LogP contribution in [-0.2, 0) is 16.0 Å². The molecule has 0 bridgehead atoms. The number of hydrogen-bond donors (Lipinski definition) is 1. The summed E-state index contributed by atoms with van der Waals surface area (Å²) in [5.74, 6) is 0.719. The third-order valence-electron chi connectivity index (χ3n) is 4.61. The van der Waals surface area contributed by atoms with E-state index >= 15 is 0 Å². The van der Waals surface area contributed by atoms with E-state index in [0.717, 1.165) is 17.7 Å². The summed E-state index contributed by atoms with van der Waals surface area (Å²) in [4.78, 5) is 26.7. The van der Waals surface area contributed by atoms with Crippen molar-refractivity contribution in [2.75, 3.05) is 23.4 Å². The molecule has 2 heterocycles. The maximum atomic E-state index is 12.7. The normalized spacial score (nSPS) is 17.6. The first-order valence-corrected chi connectivity index (χ1v) is 8.71. The van der Waals surface area contributed by atoms with Crippen molar-refractivity contribution in [1.82, 2.24) is 0 Å². The fourth-order valence-corrected chi connectivity index (χ4v) is 3.49. The minimum atomic E-state index is -0.344. The van der Waals surface area contributed by atoms with Gasteiger partial charge in [-0.25, -0.2) is 0 Å². The Hall–Kier alpha value is -3.02. The summed E-state index contributed by atoms with van der Waals surface area (Å²) < 4.78 is 11.0. The van der Waals surface area contributed by atoms with Crippen LogP contribution >= 0.6 is 0 Å². The molecule has 0 saturated heterocycles. The maximum Gasteiger partial charge on any atom is 0.236 e. The van der Waals surface area contributed by atoms with Crippen molar-refractivity contribution < 1.29 is 19.1 Å². The van der Waals surface area contributed by atoms with Crippen LogP contribution in [-0.4, -0.2) is 31.1 Å². The molecule has 2 aromatic rings. The van der Waals surface area contributed by atoms with E-state index in [2.05, 4.69) is 5.32 Å². The second kappa shape index (κ2) is 6.71. The number of benzene rings is 2. The van der Waals surface area contributed by atoms with E-state index in [0.29, 0.717) is 30.4 Å². The van der Waals surface area contributed by atoms with Crippen molar-refractivity contribution in [1.29, 1.82) is 0 Å². The van der Waals surface area contributed by atoms with Crippen molar-refractivity contribution in [2.24, 2.45) is 0 Å². The number of fused-ring (bicyclic) bond motifs is 2. The summed E-state index contributed by atoms with van der Waals surface area (Å²) in [6, 6.07) is 13.1. The molecule has 0 aliphatic carbocycles. The van der Waals surface area contributed by atoms with E-state index in [9.17, 15) is 9.59 Å². The van der Waals surface area contributed by atoms with Crippen LogP contribution in [0, 0.1) is 0 Å². The van der Waals surface area contributed by atoms with Gasteiger partial charge in [0.2, 0.25) is 11.8 Å². The van der Waals surface area contributed by atoms with Gasteiger partial charge in [0.25, 0.3) is 0 Å². The third-order valence-corrected chi connectivity index (χ3v) is 4.61. The number of nitrogens with one attached hydrogen (secondary N) is 1. The fraction of sp³-hybridized carbons (Fsp3) is 0.300. The van der Waals surface area contributed by atoms with Crippen LogP contribution in [0.25, 0.3) is 0 Å². The second-order valence-electron chi connectivity index (χ2n) is 6.53. The van der Waals surface area contributed by atoms with Gasteiger partial charge >= 0.3 is 0 Å². The smallest absolute Gasteiger partial charge is 0.236 e. The first kappa shape index (κ1) is 16.4. The topological polar surface area (TPSA) is 67.9 Å². The Morgan fingerprint density at radius 2 is 1.88 bits per heavy atom. The molecule has 2 aromatic carbocycles. The predicted octanol–water partition coefficient (Wildman–Crippen LogP) is 2.76. The summed E-state index contributed by atoms with van der Waals surface area (Å²) in [6.07, 6.45) is 0.610. The fourth-order valence-electron chi connectivity index (χ4n) is 3.49. The molecule has 1 atom stereocenters. The maximum absolute atomic E-state index is 12.7. The van der Waals surface area contributed by atoms with Crippen molar-refractivity contribution in [3.05, 3.63) is 48.0 Å². The van der Waals surface area contributed by atoms with Crippen molar-refractivity contribution in [3.8, 4) is 11.5 Å². The molecule has 134 valence electrons. The largest absolute Gasteiger partial charge is 0.486 e. The lowest BCUT2D eigenvalue weighted by Crippen LogP contribution is -2.37. The zero-order chi connectivity index (χ0) is 18.1. The highest BCUT2D eigenvalue weighted by molar-refractivity contribution is 6.10. The van der Waals surface area contributed by atoms with Gasteiger partial charge in [0, 0.05) is 23.5 Å². The minimum absolute atomic E-state index is 0.0574. The van der Waals surface area contributed by atoms with E-state index in [4.69, 9.17) is 9.47 Å². The van der Waals surface area contributed by atoms with Crippen LogP contribution in [0.1, 0.15) is 18.9 Å². The van der Waals surface area contributed by atoms with Crippen LogP contribution in [0.15, 0.2) is 42.5 Å². The number of hydrogen-bond acceptors (Lipinski definition) is 4. The van der Waals surface area contributed by atoms with Crippen molar-refractivity contribution >= 4 is 23.2 Å². The van der Waals surface area contributed by atoms with Gasteiger partial charge in [0.05, 0.1) is 0 Å². The van der Waals surface area contributed by atoms with Crippen LogP contribution in [0.5, 0.6) is 11.5 Å². The lowest BCUT2D eigenvalue weighted by Gasteiger charge is -2.22. The van der Waals surface area contributed by atoms with E-state index < -0.39 is 0 Å². The molecule has 2 amide bonds. The summed E-state index contributed by atoms with van der Waals surface area (Å²) in [5, 5.41) is 2.76. The summed E-state index contributed by atoms with van der Waals surface area (Å²) in [5.41, 5.74) is 2.62. The van der Waals surface area contributed by atoms with Crippen molar-refractivity contribution in [3.63, 3.8) is 0 Å². The summed E-state index contributed by atoms with van der Waals surface area (Å²) in [7, 11) is 0. The number of para-hydroxylation sites is 1. The Balaban J connectivity index is 1.43. The van der Waals surface area contributed by atoms with Crippen LogP contribution in [0.2, 0.25) is 0 Å². The number of anilines is 2. The molecule has 2 aliphatic heterocycles. The van der Waals surface area contributed by atoms with Crippen LogP contribution in [0.3, 0.4) is 0 Å². The van der Waals surface area contributed by atoms with Gasteiger partial charge in [0.1, 0.15) is 19.6 Å². The monoisotopic (exact) mass is 352 g/mol. The highest BCUT2D eigenvalue weighted by atomic mass is 16.6. The zero-order valence-electron chi connectivity index (χ0n) is 14.5. The standard InChI is InChI=1S/C20H20N2O4/c1-13-10-14-4-2-3-5-16(14)22(13)20(24)12-19(23)21-15-6-7-17-18(11-15)26-9-8-25-17/h2-7,11,13H,8-10,12H2,1H3,(H,21,23). The molecule has 0 saturated carbocycles. The highest BCUT2D eigenvalue weighted by Crippen LogP contribution is 2.33. The van der Waals surface area contributed by atoms with E-state index in [1.165, 1.54) is 0 Å². The Morgan fingerprint density at radius 1 is 1.12 bits per heavy atom. The number of rotatable bonds is 3. The first-order valence-electron chi connectivity index (χ1n) is 8.71. The molecule has 1 N–H and O–H groups in total. The molecule has 0 spiro atoms. The number of ether oxygens (including phenoxy) is 2. The number of nitrogens with zero attached hydrogens (tertiary/aromatic N) is 1. The Morgan fingerprint density at radius 3 is 2.73 bits per heavy atom. The number of amides is 2. The average Bonchev–Trinajstić information content (AvgIpc) is 2.97. The lowest BCUT2D eigenvalue weighted by atomic mass is 10.1. The van der Waals surface area contributed by atoms with E-state index in [1.54, 1.807) is 23.1 Å². The average molecular weight is 352 g/mol. The van der Waals surface area contributed by atoms with E-state index in [-0.39, 0.29) is 24.3 Å². The molecule has 26 heavy (non-hydrogen) atoms. The summed E-state index contributed by atoms with van der Waals surface area (Å²) >= 11 is 0. The van der Waals surface area contributed by atoms with Gasteiger partial charge in [0.15, 0.2) is 11.5 Å². The molecular formula is C20H20N2O4. The highest BCUT2D eigenvalue weighted by Gasteiger charge is 2.31. The number of carbonyl (C=O) groups is 2. The van der Waals surface area contributed by atoms with Crippen molar-refractivity contribution in [2.45, 2.75) is 25.8 Å². The zero-order valence-corrected chi connectivity index (χ0v) is 14.5. The molecule has 4 rings (SSSR count).